The van der Waals surface area contributed by atoms with Gasteiger partial charge in [0, 0.05) is 18.4 Å². The van der Waals surface area contributed by atoms with Crippen LogP contribution in [0.5, 0.6) is 0 Å². The second kappa shape index (κ2) is 5.20. The van der Waals surface area contributed by atoms with Crippen LogP contribution >= 0.6 is 23.2 Å². The molecule has 1 aromatic carbocycles. The number of hydrogen-bond donors (Lipinski definition) is 1. The average Bonchev–Trinajstić information content (AvgIpc) is 2.81. The smallest absolute Gasteiger partial charge is 0.183 e. The Morgan fingerprint density at radius 3 is 2.80 bits per heavy atom. The van der Waals surface area contributed by atoms with Crippen molar-refractivity contribution in [1.82, 2.24) is 20.2 Å². The second-order valence-electron chi connectivity index (χ2n) is 4.79. The molecule has 106 valence electrons. The number of halogens is 2. The minimum Gasteiger partial charge on any atom is -0.399 e. The normalized spacial score (nSPS) is 21.8. The van der Waals surface area contributed by atoms with Crippen molar-refractivity contribution >= 4 is 28.9 Å². The van der Waals surface area contributed by atoms with Gasteiger partial charge in [-0.25, -0.2) is 4.68 Å². The number of nitrogens with zero attached hydrogens (tertiary/aromatic N) is 4. The summed E-state index contributed by atoms with van der Waals surface area (Å²) in [5, 5.41) is 12.6. The van der Waals surface area contributed by atoms with E-state index in [0.717, 1.165) is 12.8 Å². The van der Waals surface area contributed by atoms with Crippen molar-refractivity contribution in [3.8, 4) is 11.4 Å². The summed E-state index contributed by atoms with van der Waals surface area (Å²) in [5.41, 5.74) is 6.97. The first-order chi connectivity index (χ1) is 9.60. The van der Waals surface area contributed by atoms with Gasteiger partial charge in [0.25, 0.3) is 0 Å². The van der Waals surface area contributed by atoms with E-state index in [4.69, 9.17) is 33.7 Å². The lowest BCUT2D eigenvalue weighted by Gasteiger charge is -2.34. The third kappa shape index (κ3) is 2.24. The van der Waals surface area contributed by atoms with E-state index < -0.39 is 0 Å². The number of methoxy groups -OCH3 is 1. The Morgan fingerprint density at radius 2 is 2.10 bits per heavy atom. The zero-order valence-corrected chi connectivity index (χ0v) is 12.3. The Labute approximate surface area is 125 Å². The van der Waals surface area contributed by atoms with E-state index in [9.17, 15) is 0 Å². The van der Waals surface area contributed by atoms with Gasteiger partial charge in [-0.3, -0.25) is 0 Å². The molecule has 0 radical (unpaired) electrons. The minimum absolute atomic E-state index is 0.209. The molecule has 1 saturated carbocycles. The van der Waals surface area contributed by atoms with Gasteiger partial charge in [0.05, 0.1) is 22.2 Å². The summed E-state index contributed by atoms with van der Waals surface area (Å²) in [7, 11) is 1.70. The van der Waals surface area contributed by atoms with Gasteiger partial charge in [-0.2, -0.15) is 0 Å². The molecule has 1 heterocycles. The van der Waals surface area contributed by atoms with Crippen molar-refractivity contribution in [3.63, 3.8) is 0 Å². The molecule has 1 aliphatic carbocycles. The molecule has 0 aliphatic heterocycles. The Bertz CT molecular complexity index is 639. The van der Waals surface area contributed by atoms with Crippen molar-refractivity contribution in [3.05, 3.63) is 22.2 Å². The third-order valence-electron chi connectivity index (χ3n) is 3.53. The molecule has 0 bridgehead atoms. The molecule has 3 rings (SSSR count). The van der Waals surface area contributed by atoms with E-state index in [2.05, 4.69) is 15.5 Å². The van der Waals surface area contributed by atoms with Crippen LogP contribution in [-0.4, -0.2) is 33.4 Å². The first-order valence-electron chi connectivity index (χ1n) is 6.15. The van der Waals surface area contributed by atoms with Gasteiger partial charge in [-0.05, 0) is 35.4 Å². The first-order valence-corrected chi connectivity index (χ1v) is 6.91. The lowest BCUT2D eigenvalue weighted by atomic mass is 9.89. The van der Waals surface area contributed by atoms with Gasteiger partial charge < -0.3 is 10.5 Å². The van der Waals surface area contributed by atoms with Crippen LogP contribution in [0.4, 0.5) is 5.69 Å². The van der Waals surface area contributed by atoms with Crippen molar-refractivity contribution in [2.45, 2.75) is 25.0 Å². The van der Waals surface area contributed by atoms with E-state index in [0.29, 0.717) is 27.1 Å². The van der Waals surface area contributed by atoms with E-state index in [-0.39, 0.29) is 12.1 Å². The number of nitrogen functional groups attached to an aromatic ring is 1. The lowest BCUT2D eigenvalue weighted by Crippen LogP contribution is -2.33. The Balaban J connectivity index is 1.98. The summed E-state index contributed by atoms with van der Waals surface area (Å²) in [6.45, 7) is 0. The summed E-state index contributed by atoms with van der Waals surface area (Å²) in [4.78, 5) is 0. The highest BCUT2D eigenvalue weighted by molar-refractivity contribution is 6.43. The predicted octanol–water partition coefficient (Wildman–Crippen LogP) is 2.58. The molecule has 6 nitrogen and oxygen atoms in total. The maximum Gasteiger partial charge on any atom is 0.183 e. The van der Waals surface area contributed by atoms with E-state index >= 15 is 0 Å². The van der Waals surface area contributed by atoms with Crippen molar-refractivity contribution in [2.24, 2.45) is 0 Å². The molecule has 8 heteroatoms. The zero-order valence-electron chi connectivity index (χ0n) is 10.8. The number of tetrazole rings is 1. The molecule has 1 fully saturated rings. The fourth-order valence-corrected chi connectivity index (χ4v) is 2.74. The molecule has 0 atom stereocenters. The van der Waals surface area contributed by atoms with Gasteiger partial charge in [0.1, 0.15) is 0 Å². The van der Waals surface area contributed by atoms with Crippen LogP contribution in [-0.2, 0) is 4.74 Å². The monoisotopic (exact) mass is 313 g/mol. The molecule has 0 amide bonds. The highest BCUT2D eigenvalue weighted by atomic mass is 35.5. The Kier molecular flexibility index (Phi) is 3.54. The second-order valence-corrected chi connectivity index (χ2v) is 5.58. The summed E-state index contributed by atoms with van der Waals surface area (Å²) in [6.07, 6.45) is 2.02. The van der Waals surface area contributed by atoms with Crippen LogP contribution in [0.3, 0.4) is 0 Å². The van der Waals surface area contributed by atoms with Gasteiger partial charge >= 0.3 is 0 Å². The summed E-state index contributed by atoms with van der Waals surface area (Å²) in [6, 6.07) is 3.54. The topological polar surface area (TPSA) is 78.8 Å². The van der Waals surface area contributed by atoms with E-state index in [1.165, 1.54) is 0 Å². The van der Waals surface area contributed by atoms with Gasteiger partial charge in [-0.1, -0.05) is 23.2 Å². The number of benzene rings is 1. The molecule has 0 spiro atoms. The molecular formula is C12H13Cl2N5O. The molecule has 2 N–H and O–H groups in total. The SMILES string of the molecule is COC1CC(n2nnnc2-c2cc(N)cc(Cl)c2Cl)C1. The number of nitrogens with two attached hydrogens (primary N) is 1. The summed E-state index contributed by atoms with van der Waals surface area (Å²) in [5.74, 6) is 0.573. The molecule has 0 unspecified atom stereocenters. The van der Waals surface area contributed by atoms with Crippen LogP contribution in [0, 0.1) is 0 Å². The first kappa shape index (κ1) is 13.6. The highest BCUT2D eigenvalue weighted by Crippen LogP contribution is 2.39. The van der Waals surface area contributed by atoms with Gasteiger partial charge in [-0.15, -0.1) is 5.10 Å². The average molecular weight is 314 g/mol. The van der Waals surface area contributed by atoms with Crippen molar-refractivity contribution in [2.75, 3.05) is 12.8 Å². The fraction of sp³-hybridized carbons (Fsp3) is 0.417. The number of aromatic nitrogens is 4. The quantitative estimate of drug-likeness (QED) is 0.881. The lowest BCUT2D eigenvalue weighted by molar-refractivity contribution is 0.00248. The molecular weight excluding hydrogens is 301 g/mol. The Hall–Kier alpha value is -1.37. The summed E-state index contributed by atoms with van der Waals surface area (Å²) < 4.78 is 7.03. The van der Waals surface area contributed by atoms with Crippen LogP contribution in [0.25, 0.3) is 11.4 Å². The number of rotatable bonds is 3. The van der Waals surface area contributed by atoms with Crippen LogP contribution in [0.1, 0.15) is 18.9 Å². The minimum atomic E-state index is 0.209. The van der Waals surface area contributed by atoms with E-state index in [1.54, 1.807) is 23.9 Å². The maximum atomic E-state index is 6.23. The van der Waals surface area contributed by atoms with Crippen LogP contribution in [0.2, 0.25) is 10.0 Å². The van der Waals surface area contributed by atoms with Crippen LogP contribution < -0.4 is 5.73 Å². The number of hydrogen-bond acceptors (Lipinski definition) is 5. The molecule has 1 aliphatic rings. The fourth-order valence-electron chi connectivity index (χ4n) is 2.32. The molecule has 1 aromatic heterocycles. The predicted molar refractivity (Wildman–Crippen MR) is 76.8 cm³/mol. The highest BCUT2D eigenvalue weighted by Gasteiger charge is 2.33. The third-order valence-corrected chi connectivity index (χ3v) is 4.34. The van der Waals surface area contributed by atoms with Crippen molar-refractivity contribution < 1.29 is 4.74 Å². The standard InChI is InChI=1S/C12H13Cl2N5O/c1-20-8-4-7(5-8)19-12(16-17-18-19)9-2-6(15)3-10(13)11(9)14/h2-3,7-8H,4-5,15H2,1H3. The number of anilines is 1. The van der Waals surface area contributed by atoms with Crippen molar-refractivity contribution in [1.29, 1.82) is 0 Å². The van der Waals surface area contributed by atoms with E-state index in [1.807, 2.05) is 0 Å². The molecule has 20 heavy (non-hydrogen) atoms. The summed E-state index contributed by atoms with van der Waals surface area (Å²) >= 11 is 12.3. The van der Waals surface area contributed by atoms with Gasteiger partial charge in [0.2, 0.25) is 0 Å². The Morgan fingerprint density at radius 1 is 1.35 bits per heavy atom. The molecule has 0 saturated heterocycles. The molecule has 2 aromatic rings. The van der Waals surface area contributed by atoms with Crippen LogP contribution in [0.15, 0.2) is 12.1 Å². The van der Waals surface area contributed by atoms with Gasteiger partial charge in [0.15, 0.2) is 5.82 Å². The zero-order chi connectivity index (χ0) is 14.3. The number of ether oxygens (including phenoxy) is 1. The maximum absolute atomic E-state index is 6.23. The largest absolute Gasteiger partial charge is 0.399 e.